The smallest absolute Gasteiger partial charge is 0.329 e. The number of nitrogens with one attached hydrogen (secondary N) is 2. The minimum absolute atomic E-state index is 0.166. The van der Waals surface area contributed by atoms with Crippen molar-refractivity contribution in [3.8, 4) is 0 Å². The maximum absolute atomic E-state index is 12.5. The molecule has 1 atom stereocenters. The Bertz CT molecular complexity index is 931. The van der Waals surface area contributed by atoms with Crippen LogP contribution in [0.2, 0.25) is 0 Å². The molecule has 1 amide bonds. The summed E-state index contributed by atoms with van der Waals surface area (Å²) in [5, 5.41) is 3.84. The zero-order valence-corrected chi connectivity index (χ0v) is 13.6. The van der Waals surface area contributed by atoms with Crippen LogP contribution in [0.1, 0.15) is 16.7 Å². The van der Waals surface area contributed by atoms with Gasteiger partial charge in [0.05, 0.1) is 6.42 Å². The third-order valence-corrected chi connectivity index (χ3v) is 4.49. The highest BCUT2D eigenvalue weighted by molar-refractivity contribution is 5.94. The minimum atomic E-state index is -0.677. The molecule has 5 nitrogen and oxygen atoms in total. The van der Waals surface area contributed by atoms with Gasteiger partial charge in [0, 0.05) is 23.5 Å². The summed E-state index contributed by atoms with van der Waals surface area (Å²) >= 11 is 0. The molecule has 4 rings (SSSR count). The lowest BCUT2D eigenvalue weighted by atomic mass is 9.96. The van der Waals surface area contributed by atoms with Gasteiger partial charge < -0.3 is 15.0 Å². The van der Waals surface area contributed by atoms with Crippen molar-refractivity contribution in [2.24, 2.45) is 0 Å². The van der Waals surface area contributed by atoms with E-state index in [9.17, 15) is 9.59 Å². The van der Waals surface area contributed by atoms with Crippen LogP contribution >= 0.6 is 0 Å². The van der Waals surface area contributed by atoms with Crippen molar-refractivity contribution in [2.45, 2.75) is 25.5 Å². The van der Waals surface area contributed by atoms with Gasteiger partial charge in [-0.3, -0.25) is 4.79 Å². The Morgan fingerprint density at radius 3 is 2.76 bits per heavy atom. The summed E-state index contributed by atoms with van der Waals surface area (Å²) in [6.07, 6.45) is 2.57. The second-order valence-electron chi connectivity index (χ2n) is 6.25. The maximum Gasteiger partial charge on any atom is 0.329 e. The Morgan fingerprint density at radius 1 is 1.08 bits per heavy atom. The quantitative estimate of drug-likeness (QED) is 0.723. The van der Waals surface area contributed by atoms with Gasteiger partial charge in [-0.25, -0.2) is 4.79 Å². The molecule has 0 saturated carbocycles. The fourth-order valence-corrected chi connectivity index (χ4v) is 3.31. The van der Waals surface area contributed by atoms with Gasteiger partial charge in [0.15, 0.2) is 0 Å². The number of rotatable bonds is 3. The van der Waals surface area contributed by atoms with Crippen LogP contribution in [0.3, 0.4) is 0 Å². The summed E-state index contributed by atoms with van der Waals surface area (Å²) in [5.74, 6) is -0.577. The van der Waals surface area contributed by atoms with Gasteiger partial charge in [0.1, 0.15) is 12.6 Å². The summed E-state index contributed by atoms with van der Waals surface area (Å²) < 4.78 is 5.41. The van der Waals surface area contributed by atoms with Crippen LogP contribution in [0.25, 0.3) is 10.9 Å². The molecular formula is C20H18N2O3. The Balaban J connectivity index is 1.56. The zero-order chi connectivity index (χ0) is 17.2. The van der Waals surface area contributed by atoms with Gasteiger partial charge in [-0.2, -0.15) is 0 Å². The molecule has 0 fully saturated rings. The highest BCUT2D eigenvalue weighted by Crippen LogP contribution is 2.26. The van der Waals surface area contributed by atoms with E-state index < -0.39 is 12.0 Å². The predicted octanol–water partition coefficient (Wildman–Crippen LogP) is 2.49. The Hall–Kier alpha value is -3.08. The first-order valence-corrected chi connectivity index (χ1v) is 8.28. The summed E-state index contributed by atoms with van der Waals surface area (Å²) in [5.41, 5.74) is 3.90. The zero-order valence-electron chi connectivity index (χ0n) is 13.6. The molecule has 3 aromatic rings. The Kier molecular flexibility index (Phi) is 3.98. The van der Waals surface area contributed by atoms with Crippen LogP contribution < -0.4 is 5.32 Å². The molecule has 2 N–H and O–H groups in total. The van der Waals surface area contributed by atoms with Gasteiger partial charge in [-0.1, -0.05) is 42.5 Å². The summed E-state index contributed by atoms with van der Waals surface area (Å²) in [7, 11) is 0. The van der Waals surface area contributed by atoms with Crippen LogP contribution in [-0.2, 0) is 33.8 Å². The molecular weight excluding hydrogens is 316 g/mol. The van der Waals surface area contributed by atoms with E-state index in [1.165, 1.54) is 0 Å². The minimum Gasteiger partial charge on any atom is -0.459 e. The third-order valence-electron chi connectivity index (χ3n) is 4.49. The highest BCUT2D eigenvalue weighted by atomic mass is 16.5. The van der Waals surface area contributed by atoms with Crippen molar-refractivity contribution >= 4 is 22.8 Å². The van der Waals surface area contributed by atoms with Gasteiger partial charge in [-0.15, -0.1) is 0 Å². The number of carbonyl (C=O) groups is 2. The van der Waals surface area contributed by atoms with Gasteiger partial charge in [-0.05, 0) is 22.8 Å². The SMILES string of the molecule is O=C1Cc2cccc3[nH]cc(c23)CC(C(=O)OCc2ccccc2)N1. The number of benzene rings is 2. The average Bonchev–Trinajstić information content (AvgIpc) is 3.02. The van der Waals surface area contributed by atoms with Crippen molar-refractivity contribution in [3.05, 3.63) is 71.4 Å². The molecule has 2 heterocycles. The number of H-pyrrole nitrogens is 1. The van der Waals surface area contributed by atoms with E-state index in [0.29, 0.717) is 6.42 Å². The lowest BCUT2D eigenvalue weighted by molar-refractivity contribution is -0.149. The van der Waals surface area contributed by atoms with Gasteiger partial charge in [0.25, 0.3) is 0 Å². The molecule has 126 valence electrons. The molecule has 2 aromatic carbocycles. The van der Waals surface area contributed by atoms with Crippen LogP contribution in [0.4, 0.5) is 0 Å². The maximum atomic E-state index is 12.5. The first-order valence-electron chi connectivity index (χ1n) is 8.28. The normalized spacial score (nSPS) is 16.8. The fraction of sp³-hybridized carbons (Fsp3) is 0.200. The molecule has 0 bridgehead atoms. The number of ether oxygens (including phenoxy) is 1. The summed E-state index contributed by atoms with van der Waals surface area (Å²) in [6.45, 7) is 0.200. The number of esters is 1. The molecule has 1 aliphatic heterocycles. The van der Waals surface area contributed by atoms with Crippen molar-refractivity contribution in [2.75, 3.05) is 0 Å². The third kappa shape index (κ3) is 3.13. The van der Waals surface area contributed by atoms with Gasteiger partial charge in [0.2, 0.25) is 5.91 Å². The first-order chi connectivity index (χ1) is 12.2. The van der Waals surface area contributed by atoms with E-state index >= 15 is 0 Å². The largest absolute Gasteiger partial charge is 0.459 e. The summed E-state index contributed by atoms with van der Waals surface area (Å²) in [6, 6.07) is 14.7. The molecule has 0 aliphatic carbocycles. The van der Waals surface area contributed by atoms with Crippen LogP contribution in [0.5, 0.6) is 0 Å². The number of hydrogen-bond acceptors (Lipinski definition) is 3. The van der Waals surface area contributed by atoms with Crippen molar-refractivity contribution in [1.29, 1.82) is 0 Å². The lowest BCUT2D eigenvalue weighted by Gasteiger charge is -2.20. The predicted molar refractivity (Wildman–Crippen MR) is 93.9 cm³/mol. The van der Waals surface area contributed by atoms with Gasteiger partial charge >= 0.3 is 5.97 Å². The van der Waals surface area contributed by atoms with Crippen LogP contribution in [0.15, 0.2) is 54.7 Å². The fourth-order valence-electron chi connectivity index (χ4n) is 3.31. The standard InChI is InChI=1S/C20H18N2O3/c23-18-10-14-7-4-8-16-19(14)15(11-21-16)9-17(22-18)20(24)25-12-13-5-2-1-3-6-13/h1-8,11,17,21H,9-10,12H2,(H,22,23). The molecule has 1 aromatic heterocycles. The Labute approximate surface area is 145 Å². The van der Waals surface area contributed by atoms with Crippen molar-refractivity contribution in [1.82, 2.24) is 10.3 Å². The molecule has 0 spiro atoms. The second-order valence-corrected chi connectivity index (χ2v) is 6.25. The van der Waals surface area contributed by atoms with Crippen molar-refractivity contribution in [3.63, 3.8) is 0 Å². The number of amides is 1. The van der Waals surface area contributed by atoms with Crippen LogP contribution in [0, 0.1) is 0 Å². The molecule has 5 heteroatoms. The van der Waals surface area contributed by atoms with E-state index in [4.69, 9.17) is 4.74 Å². The highest BCUT2D eigenvalue weighted by Gasteiger charge is 2.27. The number of aromatic amines is 1. The van der Waals surface area contributed by atoms with Crippen molar-refractivity contribution < 1.29 is 14.3 Å². The molecule has 0 saturated heterocycles. The lowest BCUT2D eigenvalue weighted by Crippen LogP contribution is -2.44. The number of carbonyl (C=O) groups excluding carboxylic acids is 2. The monoisotopic (exact) mass is 334 g/mol. The topological polar surface area (TPSA) is 71.2 Å². The van der Waals surface area contributed by atoms with E-state index in [0.717, 1.165) is 27.6 Å². The summed E-state index contributed by atoms with van der Waals surface area (Å²) in [4.78, 5) is 28.0. The molecule has 0 radical (unpaired) electrons. The molecule has 1 unspecified atom stereocenters. The molecule has 25 heavy (non-hydrogen) atoms. The molecule has 1 aliphatic rings. The Morgan fingerprint density at radius 2 is 1.92 bits per heavy atom. The first kappa shape index (κ1) is 15.4. The van der Waals surface area contributed by atoms with E-state index in [2.05, 4.69) is 10.3 Å². The van der Waals surface area contributed by atoms with E-state index in [-0.39, 0.29) is 18.9 Å². The van der Waals surface area contributed by atoms with Crippen LogP contribution in [-0.4, -0.2) is 22.9 Å². The average molecular weight is 334 g/mol. The van der Waals surface area contributed by atoms with E-state index in [1.54, 1.807) is 0 Å². The second kappa shape index (κ2) is 6.43. The number of hydrogen-bond donors (Lipinski definition) is 2. The van der Waals surface area contributed by atoms with E-state index in [1.807, 2.05) is 54.7 Å². The number of aromatic nitrogens is 1.